The molecular weight excluding hydrogens is 241 g/mol. The average molecular weight is 261 g/mol. The van der Waals surface area contributed by atoms with Gasteiger partial charge in [0.2, 0.25) is 0 Å². The van der Waals surface area contributed by atoms with E-state index in [1.165, 1.54) is 6.92 Å². The van der Waals surface area contributed by atoms with E-state index in [0.29, 0.717) is 5.56 Å². The van der Waals surface area contributed by atoms with Gasteiger partial charge in [0, 0.05) is 22.9 Å². The first kappa shape index (κ1) is 14.2. The van der Waals surface area contributed by atoms with Gasteiger partial charge in [-0.3, -0.25) is 9.78 Å². The van der Waals surface area contributed by atoms with Crippen LogP contribution in [0.1, 0.15) is 50.7 Å². The normalized spacial score (nSPS) is 20.6. The van der Waals surface area contributed by atoms with Crippen LogP contribution >= 0.6 is 0 Å². The molecule has 0 spiro atoms. The van der Waals surface area contributed by atoms with Crippen LogP contribution in [0, 0.1) is 6.92 Å². The van der Waals surface area contributed by atoms with Crippen molar-refractivity contribution < 1.29 is 14.1 Å². The molecule has 102 valence electrons. The molecule has 0 atom stereocenters. The standard InChI is InChI=1S/C14H20BNO3/c1-9-12(10(2)17)7-11(8-16-9)15-18-13(3,4)14(5,6)19-15/h7-8H,1-6H3. The lowest BCUT2D eigenvalue weighted by atomic mass is 9.79. The second-order valence-corrected chi connectivity index (χ2v) is 6.05. The fraction of sp³-hybridized carbons (Fsp3) is 0.571. The minimum absolute atomic E-state index is 0.00312. The Morgan fingerprint density at radius 1 is 1.21 bits per heavy atom. The molecule has 5 heteroatoms. The summed E-state index contributed by atoms with van der Waals surface area (Å²) < 4.78 is 11.9. The van der Waals surface area contributed by atoms with Crippen LogP contribution in [-0.2, 0) is 9.31 Å². The summed E-state index contributed by atoms with van der Waals surface area (Å²) in [6.07, 6.45) is 1.71. The van der Waals surface area contributed by atoms with Crippen molar-refractivity contribution in [3.8, 4) is 0 Å². The average Bonchev–Trinajstić information content (AvgIpc) is 2.48. The van der Waals surface area contributed by atoms with Crippen LogP contribution in [-0.4, -0.2) is 29.1 Å². The first-order chi connectivity index (χ1) is 8.64. The highest BCUT2D eigenvalue weighted by Crippen LogP contribution is 2.36. The van der Waals surface area contributed by atoms with Crippen molar-refractivity contribution in [3.05, 3.63) is 23.5 Å². The number of ketones is 1. The Morgan fingerprint density at radius 2 is 1.74 bits per heavy atom. The number of aromatic nitrogens is 1. The molecule has 0 N–H and O–H groups in total. The Bertz CT molecular complexity index is 509. The summed E-state index contributed by atoms with van der Waals surface area (Å²) >= 11 is 0. The minimum Gasteiger partial charge on any atom is -0.399 e. The Kier molecular flexibility index (Phi) is 3.31. The molecule has 1 saturated heterocycles. The van der Waals surface area contributed by atoms with Crippen LogP contribution in [0.4, 0.5) is 0 Å². The highest BCUT2D eigenvalue weighted by Gasteiger charge is 2.51. The van der Waals surface area contributed by atoms with Gasteiger partial charge in [-0.2, -0.15) is 0 Å². The number of carbonyl (C=O) groups is 1. The van der Waals surface area contributed by atoms with Gasteiger partial charge in [-0.25, -0.2) is 0 Å². The monoisotopic (exact) mass is 261 g/mol. The Hall–Kier alpha value is -1.20. The SMILES string of the molecule is CC(=O)c1cc(B2OC(C)(C)C(C)(C)O2)cnc1C. The molecule has 1 aliphatic heterocycles. The summed E-state index contributed by atoms with van der Waals surface area (Å²) in [7, 11) is -0.476. The fourth-order valence-corrected chi connectivity index (χ4v) is 2.01. The number of Topliss-reactive ketones (excluding diaryl/α,β-unsaturated/α-hetero) is 1. The van der Waals surface area contributed by atoms with E-state index in [4.69, 9.17) is 9.31 Å². The molecule has 2 rings (SSSR count). The zero-order chi connectivity index (χ0) is 14.4. The van der Waals surface area contributed by atoms with Gasteiger partial charge in [0.15, 0.2) is 5.78 Å². The van der Waals surface area contributed by atoms with Crippen LogP contribution in [0.2, 0.25) is 0 Å². The van der Waals surface area contributed by atoms with Gasteiger partial charge in [-0.1, -0.05) is 0 Å². The minimum atomic E-state index is -0.476. The summed E-state index contributed by atoms with van der Waals surface area (Å²) in [5.41, 5.74) is 1.35. The molecule has 1 aromatic rings. The molecule has 0 saturated carbocycles. The van der Waals surface area contributed by atoms with E-state index < -0.39 is 7.12 Å². The van der Waals surface area contributed by atoms with Gasteiger partial charge in [0.1, 0.15) is 0 Å². The number of aryl methyl sites for hydroxylation is 1. The maximum Gasteiger partial charge on any atom is 0.496 e. The van der Waals surface area contributed by atoms with Crippen LogP contribution in [0.25, 0.3) is 0 Å². The molecule has 0 amide bonds. The number of pyridine rings is 1. The van der Waals surface area contributed by atoms with Crippen molar-refractivity contribution >= 4 is 18.4 Å². The van der Waals surface area contributed by atoms with Gasteiger partial charge < -0.3 is 9.31 Å². The Labute approximate surface area is 114 Å². The third-order valence-corrected chi connectivity index (χ3v) is 4.01. The lowest BCUT2D eigenvalue weighted by Crippen LogP contribution is -2.41. The summed E-state index contributed by atoms with van der Waals surface area (Å²) in [5.74, 6) is 0.00312. The molecule has 2 heterocycles. The van der Waals surface area contributed by atoms with Gasteiger partial charge in [0.25, 0.3) is 0 Å². The quantitative estimate of drug-likeness (QED) is 0.602. The zero-order valence-corrected chi connectivity index (χ0v) is 12.4. The predicted molar refractivity (Wildman–Crippen MR) is 74.7 cm³/mol. The van der Waals surface area contributed by atoms with Crippen LogP contribution in [0.5, 0.6) is 0 Å². The van der Waals surface area contributed by atoms with Gasteiger partial charge in [-0.15, -0.1) is 0 Å². The molecule has 1 fully saturated rings. The van der Waals surface area contributed by atoms with E-state index in [0.717, 1.165) is 11.2 Å². The van der Waals surface area contributed by atoms with Crippen molar-refractivity contribution in [1.29, 1.82) is 0 Å². The second kappa shape index (κ2) is 4.42. The Balaban J connectivity index is 2.35. The van der Waals surface area contributed by atoms with Gasteiger partial charge >= 0.3 is 7.12 Å². The smallest absolute Gasteiger partial charge is 0.399 e. The van der Waals surface area contributed by atoms with Gasteiger partial charge in [-0.05, 0) is 47.6 Å². The first-order valence-electron chi connectivity index (χ1n) is 6.47. The summed E-state index contributed by atoms with van der Waals surface area (Å²) in [6, 6.07) is 1.81. The highest BCUT2D eigenvalue weighted by molar-refractivity contribution is 6.62. The topological polar surface area (TPSA) is 48.4 Å². The molecule has 4 nitrogen and oxygen atoms in total. The third kappa shape index (κ3) is 2.45. The summed E-state index contributed by atoms with van der Waals surface area (Å²) in [4.78, 5) is 15.8. The summed E-state index contributed by atoms with van der Waals surface area (Å²) in [5, 5.41) is 0. The molecule has 0 aromatic carbocycles. The van der Waals surface area contributed by atoms with Crippen molar-refractivity contribution in [2.45, 2.75) is 52.7 Å². The Morgan fingerprint density at radius 3 is 2.21 bits per heavy atom. The lowest BCUT2D eigenvalue weighted by molar-refractivity contribution is 0.00578. The molecule has 1 aromatic heterocycles. The van der Waals surface area contributed by atoms with Crippen molar-refractivity contribution in [3.63, 3.8) is 0 Å². The maximum absolute atomic E-state index is 11.6. The fourth-order valence-electron chi connectivity index (χ4n) is 2.01. The summed E-state index contributed by atoms with van der Waals surface area (Å²) in [6.45, 7) is 11.4. The van der Waals surface area contributed by atoms with E-state index in [1.807, 2.05) is 40.7 Å². The number of rotatable bonds is 2. The highest BCUT2D eigenvalue weighted by atomic mass is 16.7. The van der Waals surface area contributed by atoms with E-state index in [1.54, 1.807) is 6.20 Å². The zero-order valence-electron chi connectivity index (χ0n) is 12.4. The number of hydrogen-bond donors (Lipinski definition) is 0. The van der Waals surface area contributed by atoms with Crippen molar-refractivity contribution in [1.82, 2.24) is 4.98 Å². The van der Waals surface area contributed by atoms with Crippen molar-refractivity contribution in [2.24, 2.45) is 0 Å². The molecular formula is C14H20BNO3. The predicted octanol–water partition coefficient (Wildman–Crippen LogP) is 1.89. The molecule has 19 heavy (non-hydrogen) atoms. The molecule has 0 radical (unpaired) electrons. The molecule has 0 unspecified atom stereocenters. The molecule has 1 aliphatic rings. The van der Waals surface area contributed by atoms with E-state index in [-0.39, 0.29) is 17.0 Å². The van der Waals surface area contributed by atoms with E-state index >= 15 is 0 Å². The van der Waals surface area contributed by atoms with Gasteiger partial charge in [0.05, 0.1) is 11.2 Å². The third-order valence-electron chi connectivity index (χ3n) is 4.01. The second-order valence-electron chi connectivity index (χ2n) is 6.05. The van der Waals surface area contributed by atoms with E-state index in [9.17, 15) is 4.79 Å². The largest absolute Gasteiger partial charge is 0.496 e. The lowest BCUT2D eigenvalue weighted by Gasteiger charge is -2.32. The molecule has 0 aliphatic carbocycles. The van der Waals surface area contributed by atoms with Crippen molar-refractivity contribution in [2.75, 3.05) is 0 Å². The molecule has 0 bridgehead atoms. The first-order valence-corrected chi connectivity index (χ1v) is 6.47. The van der Waals surface area contributed by atoms with Crippen LogP contribution < -0.4 is 5.46 Å². The van der Waals surface area contributed by atoms with E-state index in [2.05, 4.69) is 4.98 Å². The van der Waals surface area contributed by atoms with Crippen LogP contribution in [0.15, 0.2) is 12.3 Å². The number of hydrogen-bond acceptors (Lipinski definition) is 4. The number of nitrogens with zero attached hydrogens (tertiary/aromatic N) is 1. The number of carbonyl (C=O) groups excluding carboxylic acids is 1. The maximum atomic E-state index is 11.6. The van der Waals surface area contributed by atoms with Crippen LogP contribution in [0.3, 0.4) is 0 Å².